The number of amides is 2. The molecule has 5 heteroatoms. The molecule has 0 radical (unpaired) electrons. The zero-order valence-corrected chi connectivity index (χ0v) is 15.9. The van der Waals surface area contributed by atoms with Crippen LogP contribution >= 0.6 is 0 Å². The van der Waals surface area contributed by atoms with Crippen LogP contribution in [-0.4, -0.2) is 35.6 Å². The Morgan fingerprint density at radius 2 is 2.11 bits per heavy atom. The van der Waals surface area contributed by atoms with E-state index in [1.54, 1.807) is 12.4 Å². The van der Waals surface area contributed by atoms with Gasteiger partial charge in [-0.05, 0) is 49.1 Å². The van der Waals surface area contributed by atoms with Crippen LogP contribution in [0.5, 0.6) is 5.75 Å². The quantitative estimate of drug-likeness (QED) is 0.735. The summed E-state index contributed by atoms with van der Waals surface area (Å²) in [5.74, 6) is 0.922. The van der Waals surface area contributed by atoms with Crippen molar-refractivity contribution in [1.82, 2.24) is 9.88 Å². The number of urea groups is 1. The molecule has 1 fully saturated rings. The fraction of sp³-hybridized carbons (Fsp3) is 0.364. The van der Waals surface area contributed by atoms with Gasteiger partial charge in [-0.15, -0.1) is 0 Å². The third-order valence-electron chi connectivity index (χ3n) is 4.60. The average molecular weight is 365 g/mol. The molecule has 1 aliphatic rings. The summed E-state index contributed by atoms with van der Waals surface area (Å²) < 4.78 is 5.79. The van der Waals surface area contributed by atoms with Crippen molar-refractivity contribution in [2.24, 2.45) is 0 Å². The molecule has 0 bridgehead atoms. The Kier molecular flexibility index (Phi) is 6.85. The van der Waals surface area contributed by atoms with E-state index in [-0.39, 0.29) is 6.03 Å². The maximum Gasteiger partial charge on any atom is 0.321 e. The first-order valence-electron chi connectivity index (χ1n) is 9.63. The number of pyridine rings is 1. The Hall–Kier alpha value is -2.82. The van der Waals surface area contributed by atoms with E-state index < -0.39 is 0 Å². The highest BCUT2D eigenvalue weighted by molar-refractivity contribution is 5.89. The molecule has 142 valence electrons. The van der Waals surface area contributed by atoms with Crippen LogP contribution in [0.1, 0.15) is 38.2 Å². The zero-order chi connectivity index (χ0) is 18.9. The molecular weight excluding hydrogens is 338 g/mol. The Morgan fingerprint density at radius 1 is 1.26 bits per heavy atom. The highest BCUT2D eigenvalue weighted by atomic mass is 16.5. The minimum Gasteiger partial charge on any atom is -0.494 e. The molecule has 1 saturated heterocycles. The molecule has 0 atom stereocenters. The second kappa shape index (κ2) is 9.76. The number of nitrogens with one attached hydrogen (secondary N) is 1. The number of piperidine rings is 1. The molecule has 3 rings (SSSR count). The van der Waals surface area contributed by atoms with Gasteiger partial charge >= 0.3 is 6.03 Å². The van der Waals surface area contributed by atoms with Crippen molar-refractivity contribution < 1.29 is 9.53 Å². The van der Waals surface area contributed by atoms with Crippen LogP contribution in [0.3, 0.4) is 0 Å². The summed E-state index contributed by atoms with van der Waals surface area (Å²) in [5, 5.41) is 2.90. The number of likely N-dealkylation sites (tertiary alicyclic amines) is 1. The van der Waals surface area contributed by atoms with E-state index in [4.69, 9.17) is 4.74 Å². The van der Waals surface area contributed by atoms with Gasteiger partial charge in [0.25, 0.3) is 0 Å². The van der Waals surface area contributed by atoms with Gasteiger partial charge < -0.3 is 15.0 Å². The first-order chi connectivity index (χ1) is 13.2. The lowest BCUT2D eigenvalue weighted by Gasteiger charge is -2.28. The van der Waals surface area contributed by atoms with Gasteiger partial charge in [0.2, 0.25) is 0 Å². The van der Waals surface area contributed by atoms with Crippen molar-refractivity contribution in [2.75, 3.05) is 25.0 Å². The number of rotatable bonds is 6. The van der Waals surface area contributed by atoms with Crippen molar-refractivity contribution in [3.63, 3.8) is 0 Å². The number of anilines is 1. The van der Waals surface area contributed by atoms with Crippen molar-refractivity contribution in [3.8, 4) is 5.75 Å². The SMILES string of the molecule is CCCCOc1cccc(C=C2CCN(C(=O)Nc3cccnc3)CC2)c1. The molecule has 1 aromatic carbocycles. The maximum atomic E-state index is 12.4. The minimum atomic E-state index is -0.0617. The second-order valence-electron chi connectivity index (χ2n) is 6.74. The molecule has 2 heterocycles. The molecular formula is C22H27N3O2. The van der Waals surface area contributed by atoms with Gasteiger partial charge in [0.05, 0.1) is 18.5 Å². The van der Waals surface area contributed by atoms with Crippen LogP contribution in [0.15, 0.2) is 54.4 Å². The zero-order valence-electron chi connectivity index (χ0n) is 15.9. The van der Waals surface area contributed by atoms with E-state index in [9.17, 15) is 4.79 Å². The summed E-state index contributed by atoms with van der Waals surface area (Å²) in [6.07, 6.45) is 9.56. The maximum absolute atomic E-state index is 12.4. The molecule has 1 aliphatic heterocycles. The molecule has 27 heavy (non-hydrogen) atoms. The van der Waals surface area contributed by atoms with Gasteiger partial charge in [-0.3, -0.25) is 4.98 Å². The van der Waals surface area contributed by atoms with E-state index in [2.05, 4.69) is 35.4 Å². The Morgan fingerprint density at radius 3 is 2.85 bits per heavy atom. The number of nitrogens with zero attached hydrogens (tertiary/aromatic N) is 2. The first-order valence-corrected chi connectivity index (χ1v) is 9.63. The lowest BCUT2D eigenvalue weighted by Crippen LogP contribution is -2.39. The van der Waals surface area contributed by atoms with E-state index in [0.29, 0.717) is 0 Å². The third-order valence-corrected chi connectivity index (χ3v) is 4.60. The molecule has 0 aliphatic carbocycles. The molecule has 2 amide bonds. The minimum absolute atomic E-state index is 0.0617. The van der Waals surface area contributed by atoms with Crippen molar-refractivity contribution in [1.29, 1.82) is 0 Å². The average Bonchev–Trinajstić information content (AvgIpc) is 2.70. The summed E-state index contributed by atoms with van der Waals surface area (Å²) in [5.41, 5.74) is 3.25. The van der Waals surface area contributed by atoms with Crippen molar-refractivity contribution >= 4 is 17.8 Å². The smallest absolute Gasteiger partial charge is 0.321 e. The van der Waals surface area contributed by atoms with Crippen LogP contribution < -0.4 is 10.1 Å². The lowest BCUT2D eigenvalue weighted by atomic mass is 10.0. The molecule has 0 spiro atoms. The van der Waals surface area contributed by atoms with Crippen LogP contribution in [-0.2, 0) is 0 Å². The van der Waals surface area contributed by atoms with Gasteiger partial charge in [-0.1, -0.05) is 37.1 Å². The third kappa shape index (κ3) is 5.84. The summed E-state index contributed by atoms with van der Waals surface area (Å²) in [6, 6.07) is 11.8. The first kappa shape index (κ1) is 19.0. The van der Waals surface area contributed by atoms with Crippen LogP contribution in [0.4, 0.5) is 10.5 Å². The monoisotopic (exact) mass is 365 g/mol. The van der Waals surface area contributed by atoms with E-state index in [0.717, 1.165) is 62.4 Å². The number of aromatic nitrogens is 1. The largest absolute Gasteiger partial charge is 0.494 e. The Bertz CT molecular complexity index is 764. The molecule has 1 N–H and O–H groups in total. The highest BCUT2D eigenvalue weighted by Gasteiger charge is 2.19. The Labute approximate surface area is 161 Å². The standard InChI is InChI=1S/C22H27N3O2/c1-2-3-14-27-21-8-4-6-19(16-21)15-18-9-12-25(13-10-18)22(26)24-20-7-5-11-23-17-20/h4-8,11,15-17H,2-3,9-10,12-14H2,1H3,(H,24,26). The molecule has 1 aromatic heterocycles. The fourth-order valence-electron chi connectivity index (χ4n) is 3.04. The highest BCUT2D eigenvalue weighted by Crippen LogP contribution is 2.22. The summed E-state index contributed by atoms with van der Waals surface area (Å²) in [6.45, 7) is 4.38. The number of carbonyl (C=O) groups is 1. The van der Waals surface area contributed by atoms with Gasteiger partial charge in [-0.2, -0.15) is 0 Å². The van der Waals surface area contributed by atoms with Crippen molar-refractivity contribution in [3.05, 3.63) is 59.9 Å². The van der Waals surface area contributed by atoms with Gasteiger partial charge in [0.1, 0.15) is 5.75 Å². The predicted octanol–water partition coefficient (Wildman–Crippen LogP) is 4.97. The van der Waals surface area contributed by atoms with E-state index >= 15 is 0 Å². The second-order valence-corrected chi connectivity index (χ2v) is 6.74. The van der Waals surface area contributed by atoms with Crippen LogP contribution in [0.25, 0.3) is 6.08 Å². The van der Waals surface area contributed by atoms with Crippen LogP contribution in [0, 0.1) is 0 Å². The molecule has 0 unspecified atom stereocenters. The number of hydrogen-bond acceptors (Lipinski definition) is 3. The summed E-state index contributed by atoms with van der Waals surface area (Å²) in [4.78, 5) is 18.2. The summed E-state index contributed by atoms with van der Waals surface area (Å²) in [7, 11) is 0. The fourth-order valence-corrected chi connectivity index (χ4v) is 3.04. The molecule has 5 nitrogen and oxygen atoms in total. The van der Waals surface area contributed by atoms with Gasteiger partial charge in [-0.25, -0.2) is 4.79 Å². The number of carbonyl (C=O) groups excluding carboxylic acids is 1. The Balaban J connectivity index is 1.52. The summed E-state index contributed by atoms with van der Waals surface area (Å²) >= 11 is 0. The normalized spacial score (nSPS) is 14.0. The van der Waals surface area contributed by atoms with E-state index in [1.807, 2.05) is 29.2 Å². The number of hydrogen-bond donors (Lipinski definition) is 1. The molecule has 0 saturated carbocycles. The number of unbranched alkanes of at least 4 members (excludes halogenated alkanes) is 1. The van der Waals surface area contributed by atoms with Gasteiger partial charge in [0.15, 0.2) is 0 Å². The van der Waals surface area contributed by atoms with E-state index in [1.165, 1.54) is 5.57 Å². The van der Waals surface area contributed by atoms with Crippen molar-refractivity contribution in [2.45, 2.75) is 32.6 Å². The lowest BCUT2D eigenvalue weighted by molar-refractivity contribution is 0.208. The number of benzene rings is 1. The predicted molar refractivity (Wildman–Crippen MR) is 109 cm³/mol. The van der Waals surface area contributed by atoms with Crippen LogP contribution in [0.2, 0.25) is 0 Å². The topological polar surface area (TPSA) is 54.5 Å². The molecule has 2 aromatic rings. The van der Waals surface area contributed by atoms with Gasteiger partial charge in [0, 0.05) is 19.3 Å². The number of ether oxygens (including phenoxy) is 1.